The van der Waals surface area contributed by atoms with Gasteiger partial charge in [0.1, 0.15) is 10.7 Å². The van der Waals surface area contributed by atoms with Gasteiger partial charge in [-0.3, -0.25) is 9.78 Å². The van der Waals surface area contributed by atoms with Crippen molar-refractivity contribution in [2.45, 2.75) is 32.1 Å². The largest absolute Gasteiger partial charge is 0.465 e. The number of hydrogen-bond acceptors (Lipinski definition) is 6. The fourth-order valence-corrected chi connectivity index (χ4v) is 4.00. The van der Waals surface area contributed by atoms with E-state index >= 15 is 0 Å². The van der Waals surface area contributed by atoms with Gasteiger partial charge in [-0.2, -0.15) is 0 Å². The van der Waals surface area contributed by atoms with Gasteiger partial charge in [-0.1, -0.05) is 6.42 Å². The summed E-state index contributed by atoms with van der Waals surface area (Å²) in [7, 11) is 1.36. The number of aryl methyl sites for hydroxylation is 1. The zero-order chi connectivity index (χ0) is 16.2. The first kappa shape index (κ1) is 15.6. The summed E-state index contributed by atoms with van der Waals surface area (Å²) in [5.74, 6) is -0.779. The number of carbonyl (C=O) groups is 2. The molecule has 0 aliphatic heterocycles. The third-order valence-electron chi connectivity index (χ3n) is 3.83. The molecule has 1 amide bonds. The Kier molecular flexibility index (Phi) is 4.66. The summed E-state index contributed by atoms with van der Waals surface area (Å²) < 4.78 is 4.92. The van der Waals surface area contributed by atoms with Crippen LogP contribution in [0.25, 0.3) is 0 Å². The van der Waals surface area contributed by atoms with Crippen molar-refractivity contribution >= 4 is 28.2 Å². The van der Waals surface area contributed by atoms with Crippen LogP contribution in [0.3, 0.4) is 0 Å². The maximum atomic E-state index is 12.3. The number of anilines is 1. The Bertz CT molecular complexity index is 728. The molecule has 2 heterocycles. The van der Waals surface area contributed by atoms with Crippen molar-refractivity contribution in [3.05, 3.63) is 40.3 Å². The number of amides is 1. The SMILES string of the molecule is COC(=O)c1c(NC(=O)c2cnccn2)sc2c1CCCCC2. The van der Waals surface area contributed by atoms with Crippen molar-refractivity contribution in [1.29, 1.82) is 0 Å². The molecule has 120 valence electrons. The smallest absolute Gasteiger partial charge is 0.341 e. The number of ether oxygens (including phenoxy) is 1. The van der Waals surface area contributed by atoms with Gasteiger partial charge in [0.2, 0.25) is 0 Å². The number of fused-ring (bicyclic) bond motifs is 1. The van der Waals surface area contributed by atoms with E-state index in [0.717, 1.165) is 42.5 Å². The lowest BCUT2D eigenvalue weighted by atomic mass is 10.1. The highest BCUT2D eigenvalue weighted by atomic mass is 32.1. The molecule has 2 aromatic rings. The third kappa shape index (κ3) is 3.24. The molecule has 3 rings (SSSR count). The van der Waals surface area contributed by atoms with E-state index in [4.69, 9.17) is 4.74 Å². The Morgan fingerprint density at radius 1 is 1.22 bits per heavy atom. The van der Waals surface area contributed by atoms with Crippen LogP contribution in [0.2, 0.25) is 0 Å². The molecule has 0 fully saturated rings. The van der Waals surface area contributed by atoms with Gasteiger partial charge in [0.05, 0.1) is 18.9 Å². The Labute approximate surface area is 137 Å². The zero-order valence-corrected chi connectivity index (χ0v) is 13.6. The van der Waals surface area contributed by atoms with Crippen LogP contribution >= 0.6 is 11.3 Å². The average Bonchev–Trinajstić information content (AvgIpc) is 2.76. The standard InChI is InChI=1S/C16H17N3O3S/c1-22-16(21)13-10-5-3-2-4-6-12(10)23-15(13)19-14(20)11-9-17-7-8-18-11/h7-9H,2-6H2,1H3,(H,19,20). The normalized spacial score (nSPS) is 13.8. The molecule has 0 radical (unpaired) electrons. The van der Waals surface area contributed by atoms with E-state index in [-0.39, 0.29) is 11.6 Å². The second-order valence-corrected chi connectivity index (χ2v) is 6.41. The molecule has 0 spiro atoms. The van der Waals surface area contributed by atoms with Crippen LogP contribution in [-0.4, -0.2) is 29.0 Å². The first-order valence-corrected chi connectivity index (χ1v) is 8.32. The van der Waals surface area contributed by atoms with E-state index in [9.17, 15) is 9.59 Å². The monoisotopic (exact) mass is 331 g/mol. The molecule has 1 aliphatic rings. The number of aromatic nitrogens is 2. The second kappa shape index (κ2) is 6.87. The molecule has 0 atom stereocenters. The summed E-state index contributed by atoms with van der Waals surface area (Å²) in [5, 5.41) is 3.34. The van der Waals surface area contributed by atoms with E-state index in [1.54, 1.807) is 0 Å². The van der Waals surface area contributed by atoms with E-state index in [2.05, 4.69) is 15.3 Å². The topological polar surface area (TPSA) is 81.2 Å². The van der Waals surface area contributed by atoms with Gasteiger partial charge in [0.25, 0.3) is 5.91 Å². The van der Waals surface area contributed by atoms with Gasteiger partial charge in [-0.05, 0) is 31.2 Å². The summed E-state index contributed by atoms with van der Waals surface area (Å²) >= 11 is 1.46. The minimum Gasteiger partial charge on any atom is -0.465 e. The van der Waals surface area contributed by atoms with E-state index in [1.165, 1.54) is 37.0 Å². The first-order chi connectivity index (χ1) is 11.2. The number of nitrogens with zero attached hydrogens (tertiary/aromatic N) is 2. The van der Waals surface area contributed by atoms with Gasteiger partial charge in [-0.15, -0.1) is 11.3 Å². The molecule has 0 unspecified atom stereocenters. The third-order valence-corrected chi connectivity index (χ3v) is 5.04. The van der Waals surface area contributed by atoms with Crippen LogP contribution in [-0.2, 0) is 17.6 Å². The lowest BCUT2D eigenvalue weighted by molar-refractivity contribution is 0.0601. The van der Waals surface area contributed by atoms with Gasteiger partial charge >= 0.3 is 5.97 Å². The molecule has 0 aromatic carbocycles. The molecular formula is C16H17N3O3S. The molecule has 1 N–H and O–H groups in total. The highest BCUT2D eigenvalue weighted by Gasteiger charge is 2.26. The lowest BCUT2D eigenvalue weighted by Gasteiger charge is -2.07. The second-order valence-electron chi connectivity index (χ2n) is 5.30. The molecular weight excluding hydrogens is 314 g/mol. The maximum absolute atomic E-state index is 12.3. The minimum atomic E-state index is -0.404. The summed E-state index contributed by atoms with van der Waals surface area (Å²) in [6.45, 7) is 0. The fourth-order valence-electron chi connectivity index (χ4n) is 2.73. The van der Waals surface area contributed by atoms with Crippen LogP contribution in [0.1, 0.15) is 50.5 Å². The molecule has 23 heavy (non-hydrogen) atoms. The Balaban J connectivity index is 1.95. The van der Waals surface area contributed by atoms with Crippen LogP contribution < -0.4 is 5.32 Å². The molecule has 0 saturated heterocycles. The van der Waals surface area contributed by atoms with Crippen LogP contribution in [0.4, 0.5) is 5.00 Å². The summed E-state index contributed by atoms with van der Waals surface area (Å²) in [6.07, 6.45) is 9.44. The highest BCUT2D eigenvalue weighted by molar-refractivity contribution is 7.17. The fraction of sp³-hybridized carbons (Fsp3) is 0.375. The first-order valence-electron chi connectivity index (χ1n) is 7.51. The number of rotatable bonds is 3. The highest BCUT2D eigenvalue weighted by Crippen LogP contribution is 2.38. The molecule has 2 aromatic heterocycles. The Morgan fingerprint density at radius 3 is 2.78 bits per heavy atom. The molecule has 0 bridgehead atoms. The van der Waals surface area contributed by atoms with E-state index in [1.807, 2.05) is 0 Å². The van der Waals surface area contributed by atoms with E-state index < -0.39 is 5.97 Å². The number of methoxy groups -OCH3 is 1. The average molecular weight is 331 g/mol. The van der Waals surface area contributed by atoms with Gasteiger partial charge in [0, 0.05) is 17.3 Å². The predicted octanol–water partition coefficient (Wildman–Crippen LogP) is 2.85. The van der Waals surface area contributed by atoms with Crippen LogP contribution in [0, 0.1) is 0 Å². The molecule has 6 nitrogen and oxygen atoms in total. The van der Waals surface area contributed by atoms with Crippen molar-refractivity contribution in [2.24, 2.45) is 0 Å². The van der Waals surface area contributed by atoms with Crippen molar-refractivity contribution in [3.8, 4) is 0 Å². The van der Waals surface area contributed by atoms with Gasteiger partial charge in [-0.25, -0.2) is 9.78 Å². The predicted molar refractivity (Wildman–Crippen MR) is 86.9 cm³/mol. The number of carbonyl (C=O) groups excluding carboxylic acids is 2. The van der Waals surface area contributed by atoms with Crippen molar-refractivity contribution in [3.63, 3.8) is 0 Å². The van der Waals surface area contributed by atoms with E-state index in [0.29, 0.717) is 10.6 Å². The Hall–Kier alpha value is -2.28. The number of hydrogen-bond donors (Lipinski definition) is 1. The molecule has 7 heteroatoms. The molecule has 0 saturated carbocycles. The summed E-state index contributed by atoms with van der Waals surface area (Å²) in [6, 6.07) is 0. The lowest BCUT2D eigenvalue weighted by Crippen LogP contribution is -2.16. The van der Waals surface area contributed by atoms with Crippen LogP contribution in [0.5, 0.6) is 0 Å². The number of thiophene rings is 1. The van der Waals surface area contributed by atoms with Crippen molar-refractivity contribution < 1.29 is 14.3 Å². The number of esters is 1. The van der Waals surface area contributed by atoms with Crippen molar-refractivity contribution in [2.75, 3.05) is 12.4 Å². The summed E-state index contributed by atoms with van der Waals surface area (Å²) in [5.41, 5.74) is 1.73. The van der Waals surface area contributed by atoms with Crippen molar-refractivity contribution in [1.82, 2.24) is 9.97 Å². The number of nitrogens with one attached hydrogen (secondary N) is 1. The quantitative estimate of drug-likeness (QED) is 0.691. The van der Waals surface area contributed by atoms with Gasteiger partial charge < -0.3 is 10.1 Å². The molecule has 1 aliphatic carbocycles. The van der Waals surface area contributed by atoms with Crippen LogP contribution in [0.15, 0.2) is 18.6 Å². The zero-order valence-electron chi connectivity index (χ0n) is 12.8. The van der Waals surface area contributed by atoms with Gasteiger partial charge in [0.15, 0.2) is 0 Å². The summed E-state index contributed by atoms with van der Waals surface area (Å²) in [4.78, 5) is 33.5. The maximum Gasteiger partial charge on any atom is 0.341 e. The Morgan fingerprint density at radius 2 is 2.04 bits per heavy atom. The minimum absolute atomic E-state index is 0.215.